The third-order valence-corrected chi connectivity index (χ3v) is 2.46. The second-order valence-electron chi connectivity index (χ2n) is 4.14. The summed E-state index contributed by atoms with van der Waals surface area (Å²) in [6.07, 6.45) is 4.38. The van der Waals surface area contributed by atoms with E-state index in [1.165, 1.54) is 0 Å². The van der Waals surface area contributed by atoms with Crippen molar-refractivity contribution in [3.63, 3.8) is 0 Å². The van der Waals surface area contributed by atoms with Crippen LogP contribution in [-0.4, -0.2) is 41.0 Å². The number of rotatable bonds is 8. The fourth-order valence-corrected chi connectivity index (χ4v) is 1.48. The summed E-state index contributed by atoms with van der Waals surface area (Å²) in [4.78, 5) is 27.0. The lowest BCUT2D eigenvalue weighted by Crippen LogP contribution is -2.31. The van der Waals surface area contributed by atoms with Crippen LogP contribution in [0, 0.1) is 0 Å². The molecule has 2 amide bonds. The summed E-state index contributed by atoms with van der Waals surface area (Å²) in [6.45, 7) is 4.07. The Balaban J connectivity index is 2.28. The fourth-order valence-electron chi connectivity index (χ4n) is 1.48. The van der Waals surface area contributed by atoms with E-state index in [2.05, 4.69) is 15.6 Å². The van der Waals surface area contributed by atoms with Gasteiger partial charge in [0.25, 0.3) is 5.91 Å². The molecule has 0 spiro atoms. The van der Waals surface area contributed by atoms with E-state index in [1.807, 2.05) is 6.92 Å². The molecular weight excluding hydrogens is 246 g/mol. The summed E-state index contributed by atoms with van der Waals surface area (Å²) in [6, 6.07) is 0. The molecule has 0 aliphatic heterocycles. The van der Waals surface area contributed by atoms with Crippen LogP contribution in [0.2, 0.25) is 0 Å². The van der Waals surface area contributed by atoms with Crippen molar-refractivity contribution in [3.05, 3.63) is 18.2 Å². The van der Waals surface area contributed by atoms with Crippen LogP contribution in [0.15, 0.2) is 12.5 Å². The van der Waals surface area contributed by atoms with Gasteiger partial charge in [-0.1, -0.05) is 6.92 Å². The normalized spacial score (nSPS) is 10.2. The predicted octanol–water partition coefficient (Wildman–Crippen LogP) is -0.512. The van der Waals surface area contributed by atoms with Crippen molar-refractivity contribution in [2.45, 2.75) is 26.3 Å². The van der Waals surface area contributed by atoms with Gasteiger partial charge in [-0.25, -0.2) is 4.98 Å². The first kappa shape index (κ1) is 15.2. The molecule has 7 heteroatoms. The van der Waals surface area contributed by atoms with Crippen LogP contribution in [0.3, 0.4) is 0 Å². The molecule has 1 heterocycles. The van der Waals surface area contributed by atoms with Crippen LogP contribution in [0.5, 0.6) is 0 Å². The molecule has 0 atom stereocenters. The second kappa shape index (κ2) is 8.25. The molecule has 4 N–H and O–H groups in total. The number of aromatic nitrogens is 2. The quantitative estimate of drug-likeness (QED) is 0.590. The number of nitrogens with zero attached hydrogens (tertiary/aromatic N) is 2. The lowest BCUT2D eigenvalue weighted by molar-refractivity contribution is -0.120. The van der Waals surface area contributed by atoms with E-state index >= 15 is 0 Å². The number of carbonyl (C=O) groups excluding carboxylic acids is 2. The van der Waals surface area contributed by atoms with Crippen LogP contribution < -0.4 is 16.4 Å². The third kappa shape index (κ3) is 5.52. The van der Waals surface area contributed by atoms with E-state index < -0.39 is 0 Å². The Labute approximate surface area is 112 Å². The lowest BCUT2D eigenvalue weighted by atomic mass is 10.3. The van der Waals surface area contributed by atoms with E-state index in [0.29, 0.717) is 31.9 Å². The number of nitrogens with one attached hydrogen (secondary N) is 2. The standard InChI is InChI=1S/C12H21N5O2/c1-2-5-14-11(18)3-6-15-12(19)10-8-17(7-4-13)9-16-10/h8-9H,2-7,13H2,1H3,(H,14,18)(H,15,19). The van der Waals surface area contributed by atoms with Gasteiger partial charge in [-0.05, 0) is 6.42 Å². The molecule has 0 aliphatic carbocycles. The van der Waals surface area contributed by atoms with Crippen LogP contribution >= 0.6 is 0 Å². The zero-order valence-corrected chi connectivity index (χ0v) is 11.2. The summed E-state index contributed by atoms with van der Waals surface area (Å²) >= 11 is 0. The monoisotopic (exact) mass is 267 g/mol. The maximum atomic E-state index is 11.7. The second-order valence-corrected chi connectivity index (χ2v) is 4.14. The molecule has 1 aromatic rings. The van der Waals surface area contributed by atoms with Gasteiger partial charge < -0.3 is 20.9 Å². The number of hydrogen-bond acceptors (Lipinski definition) is 4. The van der Waals surface area contributed by atoms with E-state index in [4.69, 9.17) is 5.73 Å². The molecule has 0 unspecified atom stereocenters. The SMILES string of the molecule is CCCNC(=O)CCNC(=O)c1cn(CCN)cn1. The average Bonchev–Trinajstić information content (AvgIpc) is 2.85. The minimum atomic E-state index is -0.279. The fraction of sp³-hybridized carbons (Fsp3) is 0.583. The lowest BCUT2D eigenvalue weighted by Gasteiger charge is -2.04. The number of imidazole rings is 1. The Hall–Kier alpha value is -1.89. The highest BCUT2D eigenvalue weighted by Gasteiger charge is 2.09. The van der Waals surface area contributed by atoms with Gasteiger partial charge in [-0.15, -0.1) is 0 Å². The maximum Gasteiger partial charge on any atom is 0.271 e. The van der Waals surface area contributed by atoms with Crippen molar-refractivity contribution in [3.8, 4) is 0 Å². The smallest absolute Gasteiger partial charge is 0.271 e. The summed E-state index contributed by atoms with van der Waals surface area (Å²) < 4.78 is 1.75. The molecule has 0 aliphatic rings. The van der Waals surface area contributed by atoms with E-state index in [1.54, 1.807) is 17.1 Å². The van der Waals surface area contributed by atoms with Gasteiger partial charge in [0.1, 0.15) is 5.69 Å². The molecule has 0 aromatic carbocycles. The molecule has 0 fully saturated rings. The highest BCUT2D eigenvalue weighted by atomic mass is 16.2. The summed E-state index contributed by atoms with van der Waals surface area (Å²) in [5.74, 6) is -0.338. The first-order valence-corrected chi connectivity index (χ1v) is 6.44. The molecule has 1 aromatic heterocycles. The third-order valence-electron chi connectivity index (χ3n) is 2.46. The number of amides is 2. The molecule has 0 bridgehead atoms. The Kier molecular flexibility index (Phi) is 6.59. The highest BCUT2D eigenvalue weighted by Crippen LogP contribution is 1.95. The Bertz CT molecular complexity index is 416. The highest BCUT2D eigenvalue weighted by molar-refractivity contribution is 5.92. The largest absolute Gasteiger partial charge is 0.356 e. The summed E-state index contributed by atoms with van der Waals surface area (Å²) in [5.41, 5.74) is 5.74. The molecule has 106 valence electrons. The first-order chi connectivity index (χ1) is 9.17. The maximum absolute atomic E-state index is 11.7. The van der Waals surface area contributed by atoms with E-state index in [-0.39, 0.29) is 18.2 Å². The van der Waals surface area contributed by atoms with Crippen molar-refractivity contribution >= 4 is 11.8 Å². The van der Waals surface area contributed by atoms with Gasteiger partial charge in [-0.3, -0.25) is 9.59 Å². The predicted molar refractivity (Wildman–Crippen MR) is 71.5 cm³/mol. The summed E-state index contributed by atoms with van der Waals surface area (Å²) in [5, 5.41) is 5.40. The van der Waals surface area contributed by atoms with Gasteiger partial charge in [0.05, 0.1) is 6.33 Å². The topological polar surface area (TPSA) is 102 Å². The first-order valence-electron chi connectivity index (χ1n) is 6.44. The van der Waals surface area contributed by atoms with Crippen LogP contribution in [0.1, 0.15) is 30.3 Å². The van der Waals surface area contributed by atoms with E-state index in [0.717, 1.165) is 6.42 Å². The molecular formula is C12H21N5O2. The molecule has 0 saturated heterocycles. The van der Waals surface area contributed by atoms with Crippen molar-refractivity contribution < 1.29 is 9.59 Å². The van der Waals surface area contributed by atoms with Crippen molar-refractivity contribution in [1.29, 1.82) is 0 Å². The summed E-state index contributed by atoms with van der Waals surface area (Å²) in [7, 11) is 0. The van der Waals surface area contributed by atoms with Gasteiger partial charge in [-0.2, -0.15) is 0 Å². The zero-order chi connectivity index (χ0) is 14.1. The minimum Gasteiger partial charge on any atom is -0.356 e. The Morgan fingerprint density at radius 2 is 2.16 bits per heavy atom. The van der Waals surface area contributed by atoms with Crippen molar-refractivity contribution in [2.75, 3.05) is 19.6 Å². The Morgan fingerprint density at radius 3 is 2.84 bits per heavy atom. The van der Waals surface area contributed by atoms with Gasteiger partial charge in [0, 0.05) is 38.8 Å². The van der Waals surface area contributed by atoms with E-state index in [9.17, 15) is 9.59 Å². The Morgan fingerprint density at radius 1 is 1.37 bits per heavy atom. The van der Waals surface area contributed by atoms with Gasteiger partial charge in [0.15, 0.2) is 0 Å². The van der Waals surface area contributed by atoms with Crippen molar-refractivity contribution in [1.82, 2.24) is 20.2 Å². The molecule has 0 radical (unpaired) electrons. The molecule has 19 heavy (non-hydrogen) atoms. The number of nitrogens with two attached hydrogens (primary N) is 1. The molecule has 0 saturated carbocycles. The van der Waals surface area contributed by atoms with Crippen LogP contribution in [0.4, 0.5) is 0 Å². The van der Waals surface area contributed by atoms with Crippen molar-refractivity contribution in [2.24, 2.45) is 5.73 Å². The average molecular weight is 267 g/mol. The van der Waals surface area contributed by atoms with Crippen LogP contribution in [0.25, 0.3) is 0 Å². The molecule has 7 nitrogen and oxygen atoms in total. The number of carbonyl (C=O) groups is 2. The van der Waals surface area contributed by atoms with Gasteiger partial charge in [0.2, 0.25) is 5.91 Å². The van der Waals surface area contributed by atoms with Crippen LogP contribution in [-0.2, 0) is 11.3 Å². The zero-order valence-electron chi connectivity index (χ0n) is 11.2. The number of hydrogen-bond donors (Lipinski definition) is 3. The minimum absolute atomic E-state index is 0.0594. The molecule has 1 rings (SSSR count). The van der Waals surface area contributed by atoms with Gasteiger partial charge >= 0.3 is 0 Å².